The lowest BCUT2D eigenvalue weighted by molar-refractivity contribution is -0.220. The number of rotatable bonds is 10. The summed E-state index contributed by atoms with van der Waals surface area (Å²) in [6.45, 7) is 4.39. The molecule has 3 fully saturated rings. The monoisotopic (exact) mass is 562 g/mol. The van der Waals surface area contributed by atoms with E-state index in [1.165, 1.54) is 12.2 Å². The Morgan fingerprint density at radius 1 is 1.10 bits per heavy atom. The third-order valence-corrected chi connectivity index (χ3v) is 10.5. The number of esters is 1. The van der Waals surface area contributed by atoms with Crippen LogP contribution in [-0.4, -0.2) is 68.6 Å². The fourth-order valence-corrected chi connectivity index (χ4v) is 8.27. The summed E-state index contributed by atoms with van der Waals surface area (Å²) in [6, 6.07) is 0. The van der Waals surface area contributed by atoms with Crippen LogP contribution in [0.4, 0.5) is 4.39 Å². The lowest BCUT2D eigenvalue weighted by Crippen LogP contribution is -2.69. The predicted octanol–water partition coefficient (Wildman–Crippen LogP) is 3.05. The molecule has 0 aliphatic heterocycles. The van der Waals surface area contributed by atoms with Crippen LogP contribution in [0.25, 0.3) is 0 Å². The van der Waals surface area contributed by atoms with E-state index in [9.17, 15) is 34.2 Å². The van der Waals surface area contributed by atoms with E-state index in [2.05, 4.69) is 0 Å². The van der Waals surface area contributed by atoms with Crippen LogP contribution < -0.4 is 0 Å². The van der Waals surface area contributed by atoms with Gasteiger partial charge in [-0.15, -0.1) is 0 Å². The second-order valence-electron chi connectivity index (χ2n) is 12.5. The summed E-state index contributed by atoms with van der Waals surface area (Å²) >= 11 is 0. The first-order valence-electron chi connectivity index (χ1n) is 14.1. The quantitative estimate of drug-likeness (QED) is 0.341. The van der Waals surface area contributed by atoms with Gasteiger partial charge in [-0.05, 0) is 63.0 Å². The number of alkyl halides is 1. The Bertz CT molecular complexity index is 1180. The number of ketones is 3. The van der Waals surface area contributed by atoms with Crippen molar-refractivity contribution in [1.82, 2.24) is 0 Å². The number of aliphatic hydroxyl groups excluding tert-OH is 1. The summed E-state index contributed by atoms with van der Waals surface area (Å²) in [5.41, 5.74) is -5.77. The van der Waals surface area contributed by atoms with Crippen LogP contribution >= 0.6 is 0 Å². The van der Waals surface area contributed by atoms with Gasteiger partial charge in [-0.2, -0.15) is 0 Å². The molecule has 8 atom stereocenters. The highest BCUT2D eigenvalue weighted by atomic mass is 19.1. The van der Waals surface area contributed by atoms with Gasteiger partial charge in [-0.3, -0.25) is 24.0 Å². The van der Waals surface area contributed by atoms with Crippen molar-refractivity contribution in [2.24, 2.45) is 28.6 Å². The van der Waals surface area contributed by atoms with E-state index >= 15 is 4.39 Å². The molecule has 0 aromatic carbocycles. The zero-order valence-electron chi connectivity index (χ0n) is 23.3. The molecule has 0 unspecified atom stereocenters. The molecule has 4 rings (SSSR count). The molecule has 0 bridgehead atoms. The molecule has 0 radical (unpaired) electrons. The standard InChI is InChI=1S/C30H39FO9/c1-17-13-22-21-9-7-18-14-20(33)11-12-27(18,2)29(21,31)23(34)15-28(22,3)30(17,39)24(35)16-40-26(38)10-8-19(32)5-4-6-25(36)37/h11-12,14,17,21-23,34,39H,4-10,13,15-16H2,1-3H3,(H,36,37)/t17-,21+,22+,23+,27+,28+,29+,30+/m1/s1. The van der Waals surface area contributed by atoms with Crippen LogP contribution in [0.5, 0.6) is 0 Å². The molecule has 3 N–H and O–H groups in total. The molecule has 9 nitrogen and oxygen atoms in total. The first kappa shape index (κ1) is 30.2. The van der Waals surface area contributed by atoms with Crippen molar-refractivity contribution in [1.29, 1.82) is 0 Å². The number of Topliss-reactive ketones (excluding diaryl/α,β-unsaturated/α-hetero) is 2. The lowest BCUT2D eigenvalue weighted by Gasteiger charge is -2.62. The van der Waals surface area contributed by atoms with Gasteiger partial charge in [-0.25, -0.2) is 4.39 Å². The average Bonchev–Trinajstić information content (AvgIpc) is 3.08. The van der Waals surface area contributed by atoms with Gasteiger partial charge in [0, 0.05) is 36.0 Å². The molecular formula is C30H39FO9. The number of carboxylic acids is 1. The van der Waals surface area contributed by atoms with Crippen LogP contribution in [0.1, 0.15) is 78.6 Å². The smallest absolute Gasteiger partial charge is 0.306 e. The van der Waals surface area contributed by atoms with Gasteiger partial charge in [0.15, 0.2) is 18.1 Å². The minimum atomic E-state index is -2.09. The lowest BCUT2D eigenvalue weighted by atomic mass is 9.44. The highest BCUT2D eigenvalue weighted by Crippen LogP contribution is 2.70. The first-order chi connectivity index (χ1) is 18.6. The maximum Gasteiger partial charge on any atom is 0.306 e. The van der Waals surface area contributed by atoms with Crippen molar-refractivity contribution in [3.8, 4) is 0 Å². The number of hydrogen-bond donors (Lipinski definition) is 3. The number of hydrogen-bond acceptors (Lipinski definition) is 8. The number of carbonyl (C=O) groups is 5. The van der Waals surface area contributed by atoms with Gasteiger partial charge < -0.3 is 20.1 Å². The van der Waals surface area contributed by atoms with Crippen molar-refractivity contribution in [2.45, 2.75) is 95.9 Å². The average molecular weight is 563 g/mol. The Morgan fingerprint density at radius 3 is 2.48 bits per heavy atom. The van der Waals surface area contributed by atoms with Crippen molar-refractivity contribution < 1.29 is 48.4 Å². The number of carbonyl (C=O) groups excluding carboxylic acids is 4. The van der Waals surface area contributed by atoms with E-state index in [1.807, 2.05) is 0 Å². The van der Waals surface area contributed by atoms with Crippen molar-refractivity contribution in [3.05, 3.63) is 23.8 Å². The first-order valence-corrected chi connectivity index (χ1v) is 14.1. The second-order valence-corrected chi connectivity index (χ2v) is 12.5. The van der Waals surface area contributed by atoms with Crippen LogP contribution in [-0.2, 0) is 28.7 Å². The molecule has 0 aromatic heterocycles. The van der Waals surface area contributed by atoms with E-state index in [4.69, 9.17) is 9.84 Å². The molecule has 4 aliphatic rings. The third-order valence-electron chi connectivity index (χ3n) is 10.5. The number of halogens is 1. The zero-order valence-corrected chi connectivity index (χ0v) is 23.3. The molecule has 0 amide bonds. The Balaban J connectivity index is 1.46. The normalized spacial score (nSPS) is 40.0. The largest absolute Gasteiger partial charge is 0.481 e. The van der Waals surface area contributed by atoms with E-state index in [1.54, 1.807) is 26.8 Å². The third kappa shape index (κ3) is 4.57. The van der Waals surface area contributed by atoms with Crippen LogP contribution in [0, 0.1) is 28.6 Å². The highest BCUT2D eigenvalue weighted by Gasteiger charge is 2.75. The Morgan fingerprint density at radius 2 is 1.80 bits per heavy atom. The minimum Gasteiger partial charge on any atom is -0.481 e. The van der Waals surface area contributed by atoms with Gasteiger partial charge in [0.25, 0.3) is 0 Å². The molecule has 220 valence electrons. The van der Waals surface area contributed by atoms with E-state index in [-0.39, 0.29) is 50.1 Å². The number of aliphatic hydroxyl groups is 2. The topological polar surface area (TPSA) is 155 Å². The van der Waals surface area contributed by atoms with Gasteiger partial charge in [0.2, 0.25) is 5.78 Å². The van der Waals surface area contributed by atoms with E-state index in [0.717, 1.165) is 0 Å². The SMILES string of the molecule is C[C@@H]1C[C@H]2[C@@H]3CCC4=CC(=O)C=C[C@]4(C)[C@@]3(F)[C@@H](O)C[C@]2(C)[C@@]1(O)C(=O)COC(=O)CCC(=O)CCCC(=O)O. The van der Waals surface area contributed by atoms with Gasteiger partial charge in [0.05, 0.1) is 12.5 Å². The fourth-order valence-electron chi connectivity index (χ4n) is 8.27. The van der Waals surface area contributed by atoms with Crippen molar-refractivity contribution >= 4 is 29.3 Å². The highest BCUT2D eigenvalue weighted by molar-refractivity contribution is 6.01. The van der Waals surface area contributed by atoms with Crippen LogP contribution in [0.3, 0.4) is 0 Å². The van der Waals surface area contributed by atoms with Gasteiger partial charge in [0.1, 0.15) is 11.4 Å². The Labute approximate surface area is 232 Å². The number of aliphatic carboxylic acids is 1. The molecule has 0 saturated heterocycles. The maximum atomic E-state index is 17.2. The molecule has 3 saturated carbocycles. The van der Waals surface area contributed by atoms with E-state index in [0.29, 0.717) is 24.8 Å². The Kier molecular flexibility index (Phi) is 8.01. The predicted molar refractivity (Wildman–Crippen MR) is 140 cm³/mol. The molecule has 0 spiro atoms. The number of allylic oxidation sites excluding steroid dienone is 4. The minimum absolute atomic E-state index is 0.0253. The van der Waals surface area contributed by atoms with Crippen molar-refractivity contribution in [2.75, 3.05) is 6.61 Å². The molecular weight excluding hydrogens is 523 g/mol. The van der Waals surface area contributed by atoms with Crippen molar-refractivity contribution in [3.63, 3.8) is 0 Å². The summed E-state index contributed by atoms with van der Waals surface area (Å²) in [4.78, 5) is 60.2. The maximum absolute atomic E-state index is 17.2. The molecule has 0 heterocycles. The molecule has 0 aromatic rings. The summed E-state index contributed by atoms with van der Waals surface area (Å²) in [5, 5.41) is 32.0. The van der Waals surface area contributed by atoms with Gasteiger partial charge in [-0.1, -0.05) is 25.5 Å². The van der Waals surface area contributed by atoms with Gasteiger partial charge >= 0.3 is 11.9 Å². The van der Waals surface area contributed by atoms with Crippen LogP contribution in [0.15, 0.2) is 23.8 Å². The summed E-state index contributed by atoms with van der Waals surface area (Å²) in [5.74, 6) is -4.72. The summed E-state index contributed by atoms with van der Waals surface area (Å²) in [7, 11) is 0. The zero-order chi connectivity index (χ0) is 29.7. The number of carboxylic acid groups (broad SMARTS) is 1. The molecule has 10 heteroatoms. The number of fused-ring (bicyclic) bond motifs is 5. The fraction of sp³-hybridized carbons (Fsp3) is 0.700. The second kappa shape index (κ2) is 10.6. The molecule has 4 aliphatic carbocycles. The number of ether oxygens (including phenoxy) is 1. The molecule has 40 heavy (non-hydrogen) atoms. The summed E-state index contributed by atoms with van der Waals surface area (Å²) in [6.07, 6.45) is 3.46. The van der Waals surface area contributed by atoms with Crippen LogP contribution in [0.2, 0.25) is 0 Å². The summed E-state index contributed by atoms with van der Waals surface area (Å²) < 4.78 is 22.3. The van der Waals surface area contributed by atoms with E-state index < -0.39 is 70.3 Å². The Hall–Kier alpha value is -2.72.